The fourth-order valence-electron chi connectivity index (χ4n) is 2.95. The number of amides is 1. The molecule has 0 saturated heterocycles. The molecule has 1 aromatic carbocycles. The van der Waals surface area contributed by atoms with E-state index in [0.717, 1.165) is 27.5 Å². The van der Waals surface area contributed by atoms with Gasteiger partial charge in [0.05, 0.1) is 18.8 Å². The Morgan fingerprint density at radius 2 is 2.17 bits per heavy atom. The molecule has 0 aliphatic carbocycles. The highest BCUT2D eigenvalue weighted by Gasteiger charge is 2.26. The van der Waals surface area contributed by atoms with E-state index >= 15 is 0 Å². The van der Waals surface area contributed by atoms with Gasteiger partial charge in [-0.3, -0.25) is 4.40 Å². The summed E-state index contributed by atoms with van der Waals surface area (Å²) in [5, 5.41) is 9.40. The van der Waals surface area contributed by atoms with Gasteiger partial charge in [-0.25, -0.2) is 9.78 Å². The van der Waals surface area contributed by atoms with Crippen molar-refractivity contribution in [2.45, 2.75) is 19.9 Å². The lowest BCUT2D eigenvalue weighted by molar-refractivity contribution is 0.103. The number of ether oxygens (including phenoxy) is 1. The number of hydrogen-bond donors (Lipinski definition) is 1. The number of phenolic OH excluding ortho intramolecular Hbond substituents is 1. The Hall–Kier alpha value is -2.54. The van der Waals surface area contributed by atoms with E-state index in [4.69, 9.17) is 4.74 Å². The second-order valence-electron chi connectivity index (χ2n) is 5.67. The lowest BCUT2D eigenvalue weighted by Crippen LogP contribution is -2.36. The third-order valence-electron chi connectivity index (χ3n) is 4.14. The maximum Gasteiger partial charge on any atom is 0.410 e. The molecule has 1 amide bonds. The molecule has 4 rings (SSSR count). The smallest absolute Gasteiger partial charge is 0.410 e. The second-order valence-corrected chi connectivity index (χ2v) is 6.73. The number of carbonyl (C=O) groups is 1. The molecule has 3 aromatic rings. The third kappa shape index (κ3) is 2.50. The van der Waals surface area contributed by atoms with Crippen LogP contribution in [0.3, 0.4) is 0 Å². The van der Waals surface area contributed by atoms with Crippen molar-refractivity contribution in [2.75, 3.05) is 13.2 Å². The van der Waals surface area contributed by atoms with Crippen LogP contribution in [-0.2, 0) is 17.7 Å². The quantitative estimate of drug-likeness (QED) is 0.775. The number of benzene rings is 1. The first-order chi connectivity index (χ1) is 11.7. The minimum atomic E-state index is -0.251. The molecule has 24 heavy (non-hydrogen) atoms. The van der Waals surface area contributed by atoms with Crippen molar-refractivity contribution in [3.8, 4) is 17.0 Å². The van der Waals surface area contributed by atoms with Crippen molar-refractivity contribution in [1.29, 1.82) is 0 Å². The van der Waals surface area contributed by atoms with E-state index in [2.05, 4.69) is 9.38 Å². The molecule has 0 unspecified atom stereocenters. The van der Waals surface area contributed by atoms with Crippen LogP contribution in [0.1, 0.15) is 17.5 Å². The van der Waals surface area contributed by atoms with Gasteiger partial charge in [-0.05, 0) is 31.2 Å². The minimum absolute atomic E-state index is 0.246. The van der Waals surface area contributed by atoms with Crippen molar-refractivity contribution in [1.82, 2.24) is 14.3 Å². The van der Waals surface area contributed by atoms with Gasteiger partial charge in [-0.15, -0.1) is 0 Å². The first-order valence-electron chi connectivity index (χ1n) is 7.86. The fourth-order valence-corrected chi connectivity index (χ4v) is 4.11. The number of phenols is 1. The summed E-state index contributed by atoms with van der Waals surface area (Å²) in [6.07, 6.45) is 2.57. The van der Waals surface area contributed by atoms with Gasteiger partial charge in [0, 0.05) is 35.3 Å². The maximum atomic E-state index is 11.9. The van der Waals surface area contributed by atoms with Gasteiger partial charge in [-0.1, -0.05) is 11.3 Å². The van der Waals surface area contributed by atoms with Crippen LogP contribution in [0.5, 0.6) is 5.75 Å². The zero-order valence-corrected chi connectivity index (χ0v) is 14.0. The number of hydrogen-bond acceptors (Lipinski definition) is 5. The Bertz CT molecular complexity index is 898. The molecule has 0 spiro atoms. The standard InChI is InChI=1S/C17H17N3O3S/c1-2-23-17(22)19-8-7-14-15(10-19)24-16-18-13(9-20(14)16)11-3-5-12(21)6-4-11/h3-6,9,21H,2,7-8,10H2,1H3. The fraction of sp³-hybridized carbons (Fsp3) is 0.294. The van der Waals surface area contributed by atoms with E-state index in [1.807, 2.05) is 25.3 Å². The monoisotopic (exact) mass is 343 g/mol. The molecule has 0 fully saturated rings. The second kappa shape index (κ2) is 5.83. The highest BCUT2D eigenvalue weighted by atomic mass is 32.1. The van der Waals surface area contributed by atoms with Gasteiger partial charge in [0.15, 0.2) is 4.96 Å². The Morgan fingerprint density at radius 1 is 1.38 bits per heavy atom. The first-order valence-corrected chi connectivity index (χ1v) is 8.68. The van der Waals surface area contributed by atoms with Crippen LogP contribution in [0, 0.1) is 0 Å². The average Bonchev–Trinajstić information content (AvgIpc) is 3.12. The molecule has 0 bridgehead atoms. The maximum absolute atomic E-state index is 11.9. The van der Waals surface area contributed by atoms with Crippen LogP contribution in [0.25, 0.3) is 16.2 Å². The summed E-state index contributed by atoms with van der Waals surface area (Å²) in [6, 6.07) is 7.04. The Morgan fingerprint density at radius 3 is 2.92 bits per heavy atom. The molecular formula is C17H17N3O3S. The third-order valence-corrected chi connectivity index (χ3v) is 5.22. The molecule has 2 aromatic heterocycles. The number of rotatable bonds is 2. The largest absolute Gasteiger partial charge is 0.508 e. The molecule has 3 heterocycles. The van der Waals surface area contributed by atoms with Crippen LogP contribution in [0.4, 0.5) is 4.79 Å². The molecule has 1 aliphatic heterocycles. The van der Waals surface area contributed by atoms with Gasteiger partial charge in [0.25, 0.3) is 0 Å². The van der Waals surface area contributed by atoms with E-state index in [9.17, 15) is 9.90 Å². The van der Waals surface area contributed by atoms with E-state index in [1.165, 1.54) is 5.69 Å². The van der Waals surface area contributed by atoms with Crippen molar-refractivity contribution >= 4 is 22.4 Å². The van der Waals surface area contributed by atoms with Crippen molar-refractivity contribution in [3.63, 3.8) is 0 Å². The zero-order valence-electron chi connectivity index (χ0n) is 13.2. The van der Waals surface area contributed by atoms with Gasteiger partial charge >= 0.3 is 6.09 Å². The SMILES string of the molecule is CCOC(=O)N1CCc2c(sc3nc(-c4ccc(O)cc4)cn23)C1. The summed E-state index contributed by atoms with van der Waals surface area (Å²) in [6.45, 7) is 3.45. The lowest BCUT2D eigenvalue weighted by Gasteiger charge is -2.25. The van der Waals surface area contributed by atoms with Crippen LogP contribution >= 0.6 is 11.3 Å². The predicted octanol–water partition coefficient (Wildman–Crippen LogP) is 3.28. The van der Waals surface area contributed by atoms with Gasteiger partial charge < -0.3 is 14.7 Å². The molecule has 1 N–H and O–H groups in total. The number of aromatic hydroxyl groups is 1. The van der Waals surface area contributed by atoms with Crippen molar-refractivity contribution < 1.29 is 14.6 Å². The van der Waals surface area contributed by atoms with Crippen LogP contribution < -0.4 is 0 Å². The number of nitrogens with zero attached hydrogens (tertiary/aromatic N) is 3. The Labute approximate surface area is 142 Å². The highest BCUT2D eigenvalue weighted by Crippen LogP contribution is 2.31. The minimum Gasteiger partial charge on any atom is -0.508 e. The van der Waals surface area contributed by atoms with Gasteiger partial charge in [-0.2, -0.15) is 0 Å². The molecule has 7 heteroatoms. The summed E-state index contributed by atoms with van der Waals surface area (Å²) in [4.78, 5) is 20.4. The molecule has 0 saturated carbocycles. The van der Waals surface area contributed by atoms with Crippen LogP contribution in [0.2, 0.25) is 0 Å². The Kier molecular flexibility index (Phi) is 3.65. The summed E-state index contributed by atoms with van der Waals surface area (Å²) in [5.74, 6) is 0.246. The topological polar surface area (TPSA) is 67.1 Å². The molecule has 1 aliphatic rings. The number of carbonyl (C=O) groups excluding carboxylic acids is 1. The summed E-state index contributed by atoms with van der Waals surface area (Å²) in [7, 11) is 0. The van der Waals surface area contributed by atoms with E-state index in [0.29, 0.717) is 19.7 Å². The number of imidazole rings is 1. The average molecular weight is 343 g/mol. The van der Waals surface area contributed by atoms with Crippen LogP contribution in [-0.4, -0.2) is 38.6 Å². The molecular weight excluding hydrogens is 326 g/mol. The molecule has 6 nitrogen and oxygen atoms in total. The zero-order chi connectivity index (χ0) is 16.7. The summed E-state index contributed by atoms with van der Waals surface area (Å²) < 4.78 is 7.20. The van der Waals surface area contributed by atoms with Gasteiger partial charge in [0.1, 0.15) is 5.75 Å². The molecule has 0 atom stereocenters. The molecule has 124 valence electrons. The Balaban J connectivity index is 1.64. The van der Waals surface area contributed by atoms with E-state index in [-0.39, 0.29) is 11.8 Å². The molecule has 0 radical (unpaired) electrons. The predicted molar refractivity (Wildman–Crippen MR) is 91.3 cm³/mol. The van der Waals surface area contributed by atoms with E-state index < -0.39 is 0 Å². The summed E-state index contributed by atoms with van der Waals surface area (Å²) in [5.41, 5.74) is 3.08. The normalized spacial score (nSPS) is 14.0. The van der Waals surface area contributed by atoms with Crippen LogP contribution in [0.15, 0.2) is 30.5 Å². The number of aromatic nitrogens is 2. The van der Waals surface area contributed by atoms with Gasteiger partial charge in [0.2, 0.25) is 0 Å². The highest BCUT2D eigenvalue weighted by molar-refractivity contribution is 7.17. The number of fused-ring (bicyclic) bond motifs is 3. The van der Waals surface area contributed by atoms with E-state index in [1.54, 1.807) is 28.4 Å². The first kappa shape index (κ1) is 15.0. The lowest BCUT2D eigenvalue weighted by atomic mass is 10.1. The van der Waals surface area contributed by atoms with Crippen molar-refractivity contribution in [2.24, 2.45) is 0 Å². The summed E-state index contributed by atoms with van der Waals surface area (Å²) >= 11 is 1.61. The van der Waals surface area contributed by atoms with Crippen molar-refractivity contribution in [3.05, 3.63) is 41.0 Å². The number of thiazole rings is 1.